The number of hydrogen-bond acceptors (Lipinski definition) is 6. The Morgan fingerprint density at radius 1 is 0.870 bits per heavy atom. The Bertz CT molecular complexity index is 2130. The second-order valence-corrected chi connectivity index (χ2v) is 11.4. The van der Waals surface area contributed by atoms with Gasteiger partial charge in [0.25, 0.3) is 5.56 Å². The Kier molecular flexibility index (Phi) is 8.83. The fourth-order valence-corrected chi connectivity index (χ4v) is 5.71. The summed E-state index contributed by atoms with van der Waals surface area (Å²) in [5.41, 5.74) is 4.83. The molecule has 1 aromatic heterocycles. The molecule has 0 saturated heterocycles. The van der Waals surface area contributed by atoms with Crippen LogP contribution in [0.5, 0.6) is 17.2 Å². The topological polar surface area (TPSA) is 74.9 Å². The summed E-state index contributed by atoms with van der Waals surface area (Å²) in [6.45, 7) is 9.11. The van der Waals surface area contributed by atoms with E-state index in [1.807, 2.05) is 74.5 Å². The van der Waals surface area contributed by atoms with Crippen LogP contribution in [-0.2, 0) is 6.61 Å². The summed E-state index contributed by atoms with van der Waals surface area (Å²) < 4.78 is 19.5. The van der Waals surface area contributed by atoms with E-state index in [9.17, 15) is 4.79 Å². The molecule has 0 unspecified atom stereocenters. The molecule has 0 spiro atoms. The van der Waals surface area contributed by atoms with Gasteiger partial charge in [-0.3, -0.25) is 4.79 Å². The van der Waals surface area contributed by atoms with Crippen LogP contribution in [0.1, 0.15) is 48.9 Å². The second kappa shape index (κ2) is 13.3. The van der Waals surface area contributed by atoms with Crippen LogP contribution in [0.25, 0.3) is 33.1 Å². The predicted octanol–water partition coefficient (Wildman–Crippen LogP) is 8.52. The molecule has 5 aromatic carbocycles. The highest BCUT2D eigenvalue weighted by molar-refractivity contribution is 5.87. The quantitative estimate of drug-likeness (QED) is 0.145. The maximum absolute atomic E-state index is 14.0. The maximum atomic E-state index is 14.0. The molecular formula is C39H37N3O4. The van der Waals surface area contributed by atoms with E-state index in [0.717, 1.165) is 38.8 Å². The van der Waals surface area contributed by atoms with Crippen LogP contribution in [-0.4, -0.2) is 29.6 Å². The number of hydrogen-bond donors (Lipinski definition) is 0. The summed E-state index contributed by atoms with van der Waals surface area (Å²) in [5, 5.41) is 7.52. The van der Waals surface area contributed by atoms with E-state index < -0.39 is 0 Å². The minimum Gasteiger partial charge on any atom is -0.494 e. The number of benzene rings is 5. The normalized spacial score (nSPS) is 11.5. The number of nitrogens with zero attached hydrogens (tertiary/aromatic N) is 3. The lowest BCUT2D eigenvalue weighted by molar-refractivity contribution is 0.285. The molecule has 1 heterocycles. The third-order valence-electron chi connectivity index (χ3n) is 8.07. The molecule has 0 N–H and O–H groups in total. The van der Waals surface area contributed by atoms with E-state index >= 15 is 0 Å². The number of fused-ring (bicyclic) bond motifs is 2. The highest BCUT2D eigenvalue weighted by Gasteiger charge is 2.19. The molecule has 7 heteroatoms. The molecule has 0 saturated carbocycles. The lowest BCUT2D eigenvalue weighted by atomic mass is 9.96. The van der Waals surface area contributed by atoms with Gasteiger partial charge in [0, 0.05) is 11.1 Å². The van der Waals surface area contributed by atoms with Crippen LogP contribution in [0.2, 0.25) is 0 Å². The summed E-state index contributed by atoms with van der Waals surface area (Å²) in [5.74, 6) is 2.58. The Hall–Kier alpha value is -5.43. The fourth-order valence-electron chi connectivity index (χ4n) is 5.71. The minimum absolute atomic E-state index is 0.197. The van der Waals surface area contributed by atoms with Crippen molar-refractivity contribution in [3.05, 3.63) is 130 Å². The van der Waals surface area contributed by atoms with Gasteiger partial charge in [0.15, 0.2) is 17.3 Å². The molecule has 6 aromatic rings. The van der Waals surface area contributed by atoms with Crippen molar-refractivity contribution in [2.24, 2.45) is 5.10 Å². The van der Waals surface area contributed by atoms with Gasteiger partial charge in [-0.1, -0.05) is 74.5 Å². The van der Waals surface area contributed by atoms with Crippen LogP contribution in [0.15, 0.2) is 107 Å². The van der Waals surface area contributed by atoms with Gasteiger partial charge in [0.05, 0.1) is 30.8 Å². The standard InChI is InChI=1S/C39H37N3O4/c1-6-45-36-21-26(4)33(22-32(36)25(2)3)38-41-34-19-10-9-18-31(34)39(43)42(38)40-23-28-15-12-20-35(44-5)37(28)46-24-29-16-11-14-27-13-7-8-17-30(27)29/h7-23,25H,6,24H2,1-5H3. The monoisotopic (exact) mass is 611 g/mol. The second-order valence-electron chi connectivity index (χ2n) is 11.4. The van der Waals surface area contributed by atoms with Crippen molar-refractivity contribution in [1.29, 1.82) is 0 Å². The van der Waals surface area contributed by atoms with Crippen LogP contribution in [0.3, 0.4) is 0 Å². The highest BCUT2D eigenvalue weighted by atomic mass is 16.5. The molecular weight excluding hydrogens is 574 g/mol. The van der Waals surface area contributed by atoms with E-state index in [0.29, 0.717) is 47.0 Å². The summed E-state index contributed by atoms with van der Waals surface area (Å²) >= 11 is 0. The Labute approximate surface area is 268 Å². The zero-order valence-electron chi connectivity index (χ0n) is 26.8. The van der Waals surface area contributed by atoms with Gasteiger partial charge in [-0.25, -0.2) is 4.98 Å². The molecule has 46 heavy (non-hydrogen) atoms. The molecule has 232 valence electrons. The van der Waals surface area contributed by atoms with Crippen LogP contribution in [0.4, 0.5) is 0 Å². The van der Waals surface area contributed by atoms with Gasteiger partial charge < -0.3 is 14.2 Å². The van der Waals surface area contributed by atoms with Gasteiger partial charge >= 0.3 is 0 Å². The van der Waals surface area contributed by atoms with Crippen LogP contribution >= 0.6 is 0 Å². The zero-order chi connectivity index (χ0) is 32.2. The van der Waals surface area contributed by atoms with E-state index in [-0.39, 0.29) is 11.5 Å². The first-order valence-electron chi connectivity index (χ1n) is 15.5. The molecule has 7 nitrogen and oxygen atoms in total. The van der Waals surface area contributed by atoms with Crippen LogP contribution in [0, 0.1) is 6.92 Å². The third-order valence-corrected chi connectivity index (χ3v) is 8.07. The minimum atomic E-state index is -0.266. The van der Waals surface area contributed by atoms with E-state index in [4.69, 9.17) is 24.3 Å². The number of aromatic nitrogens is 2. The molecule has 0 aliphatic carbocycles. The van der Waals surface area contributed by atoms with Crippen molar-refractivity contribution in [3.8, 4) is 28.6 Å². The average molecular weight is 612 g/mol. The molecule has 0 aliphatic heterocycles. The largest absolute Gasteiger partial charge is 0.494 e. The first-order valence-corrected chi connectivity index (χ1v) is 15.5. The molecule has 0 amide bonds. The molecule has 6 rings (SSSR count). The van der Waals surface area contributed by atoms with Crippen molar-refractivity contribution in [2.45, 2.75) is 40.2 Å². The van der Waals surface area contributed by atoms with Gasteiger partial charge in [0.1, 0.15) is 12.4 Å². The Balaban J connectivity index is 1.47. The highest BCUT2D eigenvalue weighted by Crippen LogP contribution is 2.35. The predicted molar refractivity (Wildman–Crippen MR) is 186 cm³/mol. The van der Waals surface area contributed by atoms with E-state index in [1.165, 1.54) is 4.68 Å². The molecule has 0 radical (unpaired) electrons. The maximum Gasteiger partial charge on any atom is 0.282 e. The molecule has 0 bridgehead atoms. The van der Waals surface area contributed by atoms with Crippen molar-refractivity contribution < 1.29 is 14.2 Å². The summed E-state index contributed by atoms with van der Waals surface area (Å²) in [6.07, 6.45) is 1.63. The Morgan fingerprint density at radius 3 is 2.39 bits per heavy atom. The van der Waals surface area contributed by atoms with Gasteiger partial charge in [-0.2, -0.15) is 9.78 Å². The number of para-hydroxylation sites is 2. The fraction of sp³-hybridized carbons (Fsp3) is 0.205. The molecule has 0 fully saturated rings. The lowest BCUT2D eigenvalue weighted by Crippen LogP contribution is -2.21. The molecule has 0 atom stereocenters. The van der Waals surface area contributed by atoms with Crippen molar-refractivity contribution in [1.82, 2.24) is 9.66 Å². The summed E-state index contributed by atoms with van der Waals surface area (Å²) in [4.78, 5) is 19.0. The third kappa shape index (κ3) is 5.96. The summed E-state index contributed by atoms with van der Waals surface area (Å²) in [6, 6.07) is 31.4. The number of methoxy groups -OCH3 is 1. The van der Waals surface area contributed by atoms with E-state index in [2.05, 4.69) is 44.2 Å². The first-order chi connectivity index (χ1) is 22.4. The Morgan fingerprint density at radius 2 is 1.61 bits per heavy atom. The van der Waals surface area contributed by atoms with Gasteiger partial charge in [-0.05, 0) is 83.6 Å². The van der Waals surface area contributed by atoms with Crippen molar-refractivity contribution in [3.63, 3.8) is 0 Å². The molecule has 0 aliphatic rings. The number of rotatable bonds is 10. The van der Waals surface area contributed by atoms with Crippen molar-refractivity contribution >= 4 is 27.9 Å². The lowest BCUT2D eigenvalue weighted by Gasteiger charge is -2.18. The van der Waals surface area contributed by atoms with Gasteiger partial charge in [0.2, 0.25) is 0 Å². The van der Waals surface area contributed by atoms with Crippen LogP contribution < -0.4 is 19.8 Å². The summed E-state index contributed by atoms with van der Waals surface area (Å²) in [7, 11) is 1.61. The van der Waals surface area contributed by atoms with Crippen molar-refractivity contribution in [2.75, 3.05) is 13.7 Å². The smallest absolute Gasteiger partial charge is 0.282 e. The van der Waals surface area contributed by atoms with E-state index in [1.54, 1.807) is 19.4 Å². The first kappa shape index (κ1) is 30.6. The zero-order valence-corrected chi connectivity index (χ0v) is 26.8. The number of ether oxygens (including phenoxy) is 3. The average Bonchev–Trinajstić information content (AvgIpc) is 3.07. The SMILES string of the molecule is CCOc1cc(C)c(-c2nc3ccccc3c(=O)n2N=Cc2cccc(OC)c2OCc2cccc3ccccc23)cc1C(C)C. The number of aryl methyl sites for hydroxylation is 1. The van der Waals surface area contributed by atoms with Gasteiger partial charge in [-0.15, -0.1) is 0 Å².